The minimum atomic E-state index is 0.0600. The number of carbonyl (C=O) groups is 1. The molecule has 1 aromatic carbocycles. The fraction of sp³-hybridized carbons (Fsp3) is 0.308. The van der Waals surface area contributed by atoms with Gasteiger partial charge < -0.3 is 0 Å². The number of rotatable bonds is 2. The summed E-state index contributed by atoms with van der Waals surface area (Å²) < 4.78 is 0. The zero-order chi connectivity index (χ0) is 10.6. The molecular formula is C13H16O. The molecule has 1 heteroatoms. The van der Waals surface area contributed by atoms with Crippen molar-refractivity contribution < 1.29 is 4.79 Å². The van der Waals surface area contributed by atoms with Crippen molar-refractivity contribution in [2.24, 2.45) is 5.41 Å². The van der Waals surface area contributed by atoms with E-state index < -0.39 is 0 Å². The molecule has 0 radical (unpaired) electrons. The summed E-state index contributed by atoms with van der Waals surface area (Å²) in [5.41, 5.74) is 0.803. The van der Waals surface area contributed by atoms with E-state index in [1.807, 2.05) is 36.4 Å². The third-order valence-electron chi connectivity index (χ3n) is 1.79. The second kappa shape index (κ2) is 4.23. The molecule has 1 aromatic rings. The van der Waals surface area contributed by atoms with Crippen molar-refractivity contribution in [3.8, 4) is 0 Å². The van der Waals surface area contributed by atoms with E-state index in [1.54, 1.807) is 6.08 Å². The largest absolute Gasteiger partial charge is 0.289 e. The fourth-order valence-electron chi connectivity index (χ4n) is 1.02. The van der Waals surface area contributed by atoms with Crippen molar-refractivity contribution in [2.45, 2.75) is 20.8 Å². The Balaban J connectivity index is 2.74. The maximum Gasteiger partial charge on any atom is 0.185 e. The Labute approximate surface area is 85.5 Å². The molecule has 0 aliphatic carbocycles. The van der Waals surface area contributed by atoms with Gasteiger partial charge in [0.15, 0.2) is 5.78 Å². The van der Waals surface area contributed by atoms with Crippen LogP contribution in [0.25, 0.3) is 0 Å². The second-order valence-corrected chi connectivity index (χ2v) is 4.43. The van der Waals surface area contributed by atoms with Crippen LogP contribution in [-0.4, -0.2) is 5.78 Å². The van der Waals surface area contributed by atoms with Gasteiger partial charge in [0, 0.05) is 5.56 Å². The Kier molecular flexibility index (Phi) is 3.23. The first-order chi connectivity index (χ1) is 6.49. The summed E-state index contributed by atoms with van der Waals surface area (Å²) in [6.07, 6.45) is 3.58. The maximum absolute atomic E-state index is 11.6. The summed E-state index contributed by atoms with van der Waals surface area (Å²) in [6, 6.07) is 9.31. The molecule has 0 amide bonds. The zero-order valence-electron chi connectivity index (χ0n) is 8.95. The van der Waals surface area contributed by atoms with E-state index in [0.717, 1.165) is 5.56 Å². The number of hydrogen-bond donors (Lipinski definition) is 0. The van der Waals surface area contributed by atoms with E-state index in [1.165, 1.54) is 0 Å². The van der Waals surface area contributed by atoms with E-state index in [-0.39, 0.29) is 11.2 Å². The molecule has 0 spiro atoms. The van der Waals surface area contributed by atoms with Gasteiger partial charge in [-0.05, 0) is 11.5 Å². The molecule has 74 valence electrons. The van der Waals surface area contributed by atoms with Gasteiger partial charge in [-0.25, -0.2) is 0 Å². The number of allylic oxidation sites excluding steroid dienone is 2. The molecule has 0 aliphatic rings. The van der Waals surface area contributed by atoms with Gasteiger partial charge in [-0.3, -0.25) is 4.79 Å². The van der Waals surface area contributed by atoms with Crippen LogP contribution >= 0.6 is 0 Å². The predicted molar refractivity (Wildman–Crippen MR) is 59.4 cm³/mol. The van der Waals surface area contributed by atoms with Crippen molar-refractivity contribution >= 4 is 5.78 Å². The Morgan fingerprint density at radius 3 is 2.21 bits per heavy atom. The molecule has 0 N–H and O–H groups in total. The molecular weight excluding hydrogens is 172 g/mol. The van der Waals surface area contributed by atoms with Crippen LogP contribution in [0.5, 0.6) is 0 Å². The molecule has 0 aromatic heterocycles. The molecule has 1 rings (SSSR count). The van der Waals surface area contributed by atoms with Crippen LogP contribution < -0.4 is 0 Å². The first-order valence-electron chi connectivity index (χ1n) is 4.78. The molecule has 0 bridgehead atoms. The van der Waals surface area contributed by atoms with E-state index in [2.05, 4.69) is 20.8 Å². The Bertz CT molecular complexity index is 328. The van der Waals surface area contributed by atoms with Crippen LogP contribution in [-0.2, 0) is 0 Å². The monoisotopic (exact) mass is 188 g/mol. The summed E-state index contributed by atoms with van der Waals surface area (Å²) in [5.74, 6) is 0.0699. The number of ketones is 1. The minimum Gasteiger partial charge on any atom is -0.289 e. The van der Waals surface area contributed by atoms with Crippen LogP contribution in [0.15, 0.2) is 42.5 Å². The number of carbonyl (C=O) groups excluding carboxylic acids is 1. The lowest BCUT2D eigenvalue weighted by atomic mass is 9.95. The zero-order valence-corrected chi connectivity index (χ0v) is 8.95. The summed E-state index contributed by atoms with van der Waals surface area (Å²) in [5, 5.41) is 0. The molecule has 0 saturated heterocycles. The molecule has 0 heterocycles. The maximum atomic E-state index is 11.6. The summed E-state index contributed by atoms with van der Waals surface area (Å²) in [7, 11) is 0. The van der Waals surface area contributed by atoms with Gasteiger partial charge in [-0.1, -0.05) is 57.2 Å². The van der Waals surface area contributed by atoms with Gasteiger partial charge in [-0.2, -0.15) is 0 Å². The Morgan fingerprint density at radius 2 is 1.71 bits per heavy atom. The lowest BCUT2D eigenvalue weighted by molar-refractivity contribution is 0.104. The van der Waals surface area contributed by atoms with Crippen molar-refractivity contribution in [3.63, 3.8) is 0 Å². The number of hydrogen-bond acceptors (Lipinski definition) is 1. The van der Waals surface area contributed by atoms with E-state index >= 15 is 0 Å². The Morgan fingerprint density at radius 1 is 1.14 bits per heavy atom. The highest BCUT2D eigenvalue weighted by Gasteiger charge is 2.06. The van der Waals surface area contributed by atoms with E-state index in [9.17, 15) is 4.79 Å². The summed E-state index contributed by atoms with van der Waals surface area (Å²) in [6.45, 7) is 6.21. The highest BCUT2D eigenvalue weighted by molar-refractivity contribution is 6.04. The molecule has 0 unspecified atom stereocenters. The third-order valence-corrected chi connectivity index (χ3v) is 1.79. The molecule has 0 aliphatic heterocycles. The highest BCUT2D eigenvalue weighted by atomic mass is 16.1. The quantitative estimate of drug-likeness (QED) is 0.513. The Hall–Kier alpha value is -1.37. The molecule has 0 fully saturated rings. The second-order valence-electron chi connectivity index (χ2n) is 4.43. The van der Waals surface area contributed by atoms with E-state index in [4.69, 9.17) is 0 Å². The van der Waals surface area contributed by atoms with Gasteiger partial charge in [0.25, 0.3) is 0 Å². The summed E-state index contributed by atoms with van der Waals surface area (Å²) in [4.78, 5) is 11.6. The molecule has 14 heavy (non-hydrogen) atoms. The SMILES string of the molecule is CC(C)(C)/C=C/C(=O)c1ccccc1. The van der Waals surface area contributed by atoms with Crippen LogP contribution in [0, 0.1) is 5.41 Å². The molecule has 0 saturated carbocycles. The van der Waals surface area contributed by atoms with Gasteiger partial charge in [0.2, 0.25) is 0 Å². The minimum absolute atomic E-state index is 0.0600. The van der Waals surface area contributed by atoms with Crippen molar-refractivity contribution in [1.82, 2.24) is 0 Å². The topological polar surface area (TPSA) is 17.1 Å². The molecule has 1 nitrogen and oxygen atoms in total. The number of benzene rings is 1. The third kappa shape index (κ3) is 3.56. The van der Waals surface area contributed by atoms with Crippen LogP contribution in [0.1, 0.15) is 31.1 Å². The average Bonchev–Trinajstić information content (AvgIpc) is 2.14. The smallest absolute Gasteiger partial charge is 0.185 e. The predicted octanol–water partition coefficient (Wildman–Crippen LogP) is 3.47. The standard InChI is InChI=1S/C13H16O/c1-13(2,3)10-9-12(14)11-7-5-4-6-8-11/h4-10H,1-3H3/b10-9+. The van der Waals surface area contributed by atoms with Gasteiger partial charge in [0.05, 0.1) is 0 Å². The van der Waals surface area contributed by atoms with Crippen molar-refractivity contribution in [2.75, 3.05) is 0 Å². The van der Waals surface area contributed by atoms with Gasteiger partial charge >= 0.3 is 0 Å². The van der Waals surface area contributed by atoms with E-state index in [0.29, 0.717) is 0 Å². The van der Waals surface area contributed by atoms with Crippen LogP contribution in [0.4, 0.5) is 0 Å². The van der Waals surface area contributed by atoms with Crippen molar-refractivity contribution in [1.29, 1.82) is 0 Å². The van der Waals surface area contributed by atoms with Crippen LogP contribution in [0.2, 0.25) is 0 Å². The van der Waals surface area contributed by atoms with Crippen molar-refractivity contribution in [3.05, 3.63) is 48.0 Å². The first kappa shape index (κ1) is 10.7. The highest BCUT2D eigenvalue weighted by Crippen LogP contribution is 2.15. The van der Waals surface area contributed by atoms with Gasteiger partial charge in [0.1, 0.15) is 0 Å². The van der Waals surface area contributed by atoms with Gasteiger partial charge in [-0.15, -0.1) is 0 Å². The lowest BCUT2D eigenvalue weighted by Gasteiger charge is -2.10. The normalized spacial score (nSPS) is 11.9. The summed E-state index contributed by atoms with van der Waals surface area (Å²) >= 11 is 0. The fourth-order valence-corrected chi connectivity index (χ4v) is 1.02. The first-order valence-corrected chi connectivity index (χ1v) is 4.78. The molecule has 0 atom stereocenters. The lowest BCUT2D eigenvalue weighted by Crippen LogP contribution is -2.01. The average molecular weight is 188 g/mol. The van der Waals surface area contributed by atoms with Crippen LogP contribution in [0.3, 0.4) is 0 Å².